The van der Waals surface area contributed by atoms with Crippen molar-refractivity contribution in [2.24, 2.45) is 13.0 Å². The van der Waals surface area contributed by atoms with Crippen molar-refractivity contribution in [2.75, 3.05) is 40.3 Å². The summed E-state index contributed by atoms with van der Waals surface area (Å²) in [5.74, 6) is 0.415. The van der Waals surface area contributed by atoms with E-state index in [-0.39, 0.29) is 11.6 Å². The number of aryl methyl sites for hydroxylation is 1. The Morgan fingerprint density at radius 3 is 2.78 bits per heavy atom. The third-order valence-corrected chi connectivity index (χ3v) is 6.45. The lowest BCUT2D eigenvalue weighted by molar-refractivity contribution is -0.0679. The summed E-state index contributed by atoms with van der Waals surface area (Å²) in [5, 5.41) is 7.46. The summed E-state index contributed by atoms with van der Waals surface area (Å²) < 4.78 is 7.48. The quantitative estimate of drug-likeness (QED) is 0.793. The van der Waals surface area contributed by atoms with E-state index in [4.69, 9.17) is 4.74 Å². The Balaban J connectivity index is 1.61. The summed E-state index contributed by atoms with van der Waals surface area (Å²) in [6.45, 7) is 5.69. The van der Waals surface area contributed by atoms with Crippen LogP contribution in [0.2, 0.25) is 0 Å². The molecule has 1 aliphatic carbocycles. The van der Waals surface area contributed by atoms with Gasteiger partial charge in [0.2, 0.25) is 0 Å². The molecule has 7 heteroatoms. The van der Waals surface area contributed by atoms with Crippen molar-refractivity contribution in [2.45, 2.75) is 50.7 Å². The second-order valence-electron chi connectivity index (χ2n) is 8.20. The van der Waals surface area contributed by atoms with Crippen molar-refractivity contribution in [1.82, 2.24) is 24.9 Å². The molecule has 7 nitrogen and oxygen atoms in total. The zero-order valence-electron chi connectivity index (χ0n) is 17.3. The second kappa shape index (κ2) is 8.61. The molecule has 1 saturated carbocycles. The summed E-state index contributed by atoms with van der Waals surface area (Å²) in [7, 11) is 5.61. The number of likely N-dealkylation sites (tertiary alicyclic amines) is 1. The Hall–Kier alpha value is -1.60. The van der Waals surface area contributed by atoms with E-state index in [2.05, 4.69) is 28.4 Å². The van der Waals surface area contributed by atoms with Gasteiger partial charge < -0.3 is 15.0 Å². The maximum absolute atomic E-state index is 12.6. The highest BCUT2D eigenvalue weighted by atomic mass is 16.5. The van der Waals surface area contributed by atoms with E-state index in [1.807, 2.05) is 29.9 Å². The van der Waals surface area contributed by atoms with E-state index in [0.717, 1.165) is 38.9 Å². The van der Waals surface area contributed by atoms with Crippen molar-refractivity contribution in [3.05, 3.63) is 18.0 Å². The Morgan fingerprint density at radius 2 is 2.22 bits per heavy atom. The van der Waals surface area contributed by atoms with E-state index in [1.54, 1.807) is 7.11 Å². The first kappa shape index (κ1) is 20.1. The molecule has 0 aromatic carbocycles. The summed E-state index contributed by atoms with van der Waals surface area (Å²) in [5.41, 5.74) is 1.11. The Morgan fingerprint density at radius 1 is 1.44 bits per heavy atom. The van der Waals surface area contributed by atoms with Crippen LogP contribution in [0.4, 0.5) is 4.79 Å². The second-order valence-corrected chi connectivity index (χ2v) is 8.20. The number of nitrogens with zero attached hydrogens (tertiary/aromatic N) is 4. The average molecular weight is 378 g/mol. The molecule has 2 aliphatic rings. The van der Waals surface area contributed by atoms with Gasteiger partial charge >= 0.3 is 6.03 Å². The van der Waals surface area contributed by atoms with Crippen molar-refractivity contribution < 1.29 is 9.53 Å². The number of hydrogen-bond acceptors (Lipinski definition) is 4. The third-order valence-electron chi connectivity index (χ3n) is 6.45. The first-order valence-corrected chi connectivity index (χ1v) is 10.2. The highest BCUT2D eigenvalue weighted by Crippen LogP contribution is 2.36. The molecule has 1 N–H and O–H groups in total. The predicted molar refractivity (Wildman–Crippen MR) is 106 cm³/mol. The first-order valence-electron chi connectivity index (χ1n) is 10.2. The van der Waals surface area contributed by atoms with Gasteiger partial charge in [-0.3, -0.25) is 9.58 Å². The smallest absolute Gasteiger partial charge is 0.317 e. The van der Waals surface area contributed by atoms with Crippen LogP contribution in [0.1, 0.15) is 50.6 Å². The van der Waals surface area contributed by atoms with Crippen LogP contribution < -0.4 is 5.32 Å². The molecule has 3 rings (SSSR count). The van der Waals surface area contributed by atoms with Gasteiger partial charge in [0, 0.05) is 52.1 Å². The molecule has 0 unspecified atom stereocenters. The number of piperidine rings is 1. The number of aromatic nitrogens is 2. The molecule has 1 aromatic heterocycles. The molecule has 2 atom stereocenters. The van der Waals surface area contributed by atoms with Crippen LogP contribution in [0.3, 0.4) is 0 Å². The molecule has 2 fully saturated rings. The molecule has 2 amide bonds. The fraction of sp³-hybridized carbons (Fsp3) is 0.800. The number of amides is 2. The van der Waals surface area contributed by atoms with Gasteiger partial charge in [-0.1, -0.05) is 6.92 Å². The number of nitrogens with one attached hydrogen (secondary N) is 1. The van der Waals surface area contributed by atoms with Gasteiger partial charge in [0.15, 0.2) is 0 Å². The molecule has 0 bridgehead atoms. The molecule has 1 aromatic rings. The van der Waals surface area contributed by atoms with E-state index >= 15 is 0 Å². The van der Waals surface area contributed by atoms with Crippen LogP contribution in [0.5, 0.6) is 0 Å². The summed E-state index contributed by atoms with van der Waals surface area (Å²) in [6, 6.07) is 0.321. The van der Waals surface area contributed by atoms with Crippen molar-refractivity contribution in [3.8, 4) is 0 Å². The number of carbonyl (C=O) groups is 1. The summed E-state index contributed by atoms with van der Waals surface area (Å²) >= 11 is 0. The average Bonchev–Trinajstić information content (AvgIpc) is 3.06. The van der Waals surface area contributed by atoms with Crippen LogP contribution in [0, 0.1) is 5.92 Å². The summed E-state index contributed by atoms with van der Waals surface area (Å²) in [6.07, 6.45) is 9.65. The fourth-order valence-electron chi connectivity index (χ4n) is 4.60. The largest absolute Gasteiger partial charge is 0.376 e. The maximum atomic E-state index is 12.6. The Kier molecular flexibility index (Phi) is 6.42. The van der Waals surface area contributed by atoms with Crippen molar-refractivity contribution >= 4 is 6.03 Å². The van der Waals surface area contributed by atoms with Crippen molar-refractivity contribution in [3.63, 3.8) is 0 Å². The van der Waals surface area contributed by atoms with Gasteiger partial charge in [0.1, 0.15) is 0 Å². The Bertz CT molecular complexity index is 622. The number of ether oxygens (including phenoxy) is 1. The number of rotatable bonds is 7. The molecule has 0 radical (unpaired) electrons. The number of hydrogen-bond donors (Lipinski definition) is 1. The highest BCUT2D eigenvalue weighted by molar-refractivity contribution is 5.74. The molecule has 1 aliphatic heterocycles. The zero-order valence-corrected chi connectivity index (χ0v) is 17.3. The minimum atomic E-state index is -0.140. The van der Waals surface area contributed by atoms with Crippen molar-refractivity contribution in [1.29, 1.82) is 0 Å². The standard InChI is InChI=1S/C20H35N5O2/c1-5-25-11-6-8-16(18(25)17-12-22-24(3)14-17)13-23(2)19(26)21-15-20(27-4)9-7-10-20/h12,14,16,18H,5-11,13,15H2,1-4H3,(H,21,26)/t16-,18+/m0/s1. The topological polar surface area (TPSA) is 62.6 Å². The van der Waals surface area contributed by atoms with Crippen LogP contribution in [-0.2, 0) is 11.8 Å². The van der Waals surface area contributed by atoms with Crippen LogP contribution >= 0.6 is 0 Å². The number of methoxy groups -OCH3 is 1. The molecule has 1 saturated heterocycles. The van der Waals surface area contributed by atoms with E-state index in [9.17, 15) is 4.79 Å². The fourth-order valence-corrected chi connectivity index (χ4v) is 4.60. The van der Waals surface area contributed by atoms with Gasteiger partial charge in [0.25, 0.3) is 0 Å². The highest BCUT2D eigenvalue weighted by Gasteiger charge is 2.38. The zero-order chi connectivity index (χ0) is 19.4. The lowest BCUT2D eigenvalue weighted by atomic mass is 9.80. The summed E-state index contributed by atoms with van der Waals surface area (Å²) in [4.78, 5) is 17.0. The SMILES string of the molecule is CCN1CCC[C@@H](CN(C)C(=O)NCC2(OC)CCC2)[C@@H]1c1cnn(C)c1. The monoisotopic (exact) mass is 377 g/mol. The number of carbonyl (C=O) groups excluding carboxylic acids is 1. The molecular formula is C20H35N5O2. The minimum Gasteiger partial charge on any atom is -0.376 e. The van der Waals surface area contributed by atoms with Crippen LogP contribution in [-0.4, -0.2) is 71.5 Å². The number of urea groups is 1. The normalized spacial score (nSPS) is 25.0. The first-order chi connectivity index (χ1) is 13.0. The third kappa shape index (κ3) is 4.46. The predicted octanol–water partition coefficient (Wildman–Crippen LogP) is 2.40. The van der Waals surface area contributed by atoms with Gasteiger partial charge in [-0.15, -0.1) is 0 Å². The molecule has 152 valence electrons. The minimum absolute atomic E-state index is 0.00289. The maximum Gasteiger partial charge on any atom is 0.317 e. The van der Waals surface area contributed by atoms with Crippen LogP contribution in [0.15, 0.2) is 12.4 Å². The lowest BCUT2D eigenvalue weighted by Gasteiger charge is -2.42. The lowest BCUT2D eigenvalue weighted by Crippen LogP contribution is -2.52. The molecular weight excluding hydrogens is 342 g/mol. The van der Waals surface area contributed by atoms with E-state index in [1.165, 1.54) is 18.4 Å². The van der Waals surface area contributed by atoms with Gasteiger partial charge in [-0.2, -0.15) is 5.10 Å². The van der Waals surface area contributed by atoms with Crippen LogP contribution in [0.25, 0.3) is 0 Å². The molecule has 0 spiro atoms. The van der Waals surface area contributed by atoms with E-state index in [0.29, 0.717) is 18.5 Å². The molecule has 27 heavy (non-hydrogen) atoms. The van der Waals surface area contributed by atoms with Gasteiger partial charge in [0.05, 0.1) is 11.8 Å². The van der Waals surface area contributed by atoms with Gasteiger partial charge in [-0.25, -0.2) is 4.79 Å². The van der Waals surface area contributed by atoms with Gasteiger partial charge in [-0.05, 0) is 51.1 Å². The Labute approximate surface area is 163 Å². The van der Waals surface area contributed by atoms with E-state index < -0.39 is 0 Å². The molecule has 2 heterocycles.